The second kappa shape index (κ2) is 14.0. The minimum atomic E-state index is -0.149. The van der Waals surface area contributed by atoms with Gasteiger partial charge in [0.25, 0.3) is 0 Å². The topological polar surface area (TPSA) is 71.5 Å². The third kappa shape index (κ3) is 6.82. The first-order chi connectivity index (χ1) is 25.4. The monoisotopic (exact) mass is 701 g/mol. The average molecular weight is 702 g/mol. The van der Waals surface area contributed by atoms with Gasteiger partial charge in [-0.3, -0.25) is 9.59 Å². The molecule has 6 heteroatoms. The summed E-state index contributed by atoms with van der Waals surface area (Å²) in [7, 11) is 0. The van der Waals surface area contributed by atoms with Gasteiger partial charge in [0.1, 0.15) is 17.1 Å². The van der Waals surface area contributed by atoms with Crippen molar-refractivity contribution in [3.8, 4) is 22.6 Å². The number of nitrogens with one attached hydrogen (secondary N) is 1. The van der Waals surface area contributed by atoms with E-state index in [4.69, 9.17) is 9.72 Å². The van der Waals surface area contributed by atoms with Crippen molar-refractivity contribution in [3.05, 3.63) is 143 Å². The minimum absolute atomic E-state index is 0.0283. The van der Waals surface area contributed by atoms with E-state index in [1.807, 2.05) is 103 Å². The summed E-state index contributed by atoms with van der Waals surface area (Å²) in [6, 6.07) is 36.9. The molecule has 6 aromatic rings. The Hall–Kier alpha value is -5.75. The smallest absolute Gasteiger partial charge is 0.197 e. The highest BCUT2D eigenvalue weighted by Crippen LogP contribution is 2.50. The van der Waals surface area contributed by atoms with Crippen LogP contribution in [0.1, 0.15) is 92.3 Å². The van der Waals surface area contributed by atoms with Crippen LogP contribution >= 0.6 is 0 Å². The quantitative estimate of drug-likeness (QED) is 0.135. The zero-order valence-electron chi connectivity index (χ0n) is 31.7. The predicted molar refractivity (Wildman–Crippen MR) is 217 cm³/mol. The fourth-order valence-electron chi connectivity index (χ4n) is 8.02. The first kappa shape index (κ1) is 35.6. The largest absolute Gasteiger partial charge is 0.455 e. The number of hydrogen-bond acceptors (Lipinski definition) is 6. The van der Waals surface area contributed by atoms with Crippen LogP contribution in [-0.2, 0) is 5.41 Å². The highest BCUT2D eigenvalue weighted by atomic mass is 16.5. The molecule has 268 valence electrons. The predicted octanol–water partition coefficient (Wildman–Crippen LogP) is 11.8. The van der Waals surface area contributed by atoms with Crippen molar-refractivity contribution in [1.29, 1.82) is 0 Å². The van der Waals surface area contributed by atoms with Gasteiger partial charge in [-0.15, -0.1) is 0 Å². The molecule has 0 atom stereocenters. The van der Waals surface area contributed by atoms with E-state index >= 15 is 0 Å². The third-order valence-corrected chi connectivity index (χ3v) is 10.1. The van der Waals surface area contributed by atoms with Crippen LogP contribution in [0.2, 0.25) is 0 Å². The molecule has 1 N–H and O–H groups in total. The molecule has 0 spiro atoms. The standard InChI is InChI=1S/C47H47N3O3/c1-8-50(9-2)45-41(43(51)30-18-12-10-13-19-30)38-34-22-16-17-23-35(34)44(52)39-36(48-32-20-14-11-15-21-32)28-37(42(49-45)40(38)39)53-33-26-24-31(25-27-33)47(6,7)29-46(3,4)5/h10-28,48H,8-9,29H2,1-7H3. The summed E-state index contributed by atoms with van der Waals surface area (Å²) in [5, 5.41) is 4.13. The molecule has 0 radical (unpaired) electrons. The van der Waals surface area contributed by atoms with Crippen LogP contribution in [0.4, 0.5) is 17.2 Å². The Labute approximate surface area is 312 Å². The van der Waals surface area contributed by atoms with Crippen LogP contribution in [0.3, 0.4) is 0 Å². The van der Waals surface area contributed by atoms with Gasteiger partial charge in [0, 0.05) is 46.9 Å². The molecular weight excluding hydrogens is 655 g/mol. The van der Waals surface area contributed by atoms with Crippen molar-refractivity contribution < 1.29 is 14.3 Å². The van der Waals surface area contributed by atoms with E-state index in [2.05, 4.69) is 70.8 Å². The molecule has 0 fully saturated rings. The zero-order chi connectivity index (χ0) is 37.5. The first-order valence-electron chi connectivity index (χ1n) is 18.5. The molecule has 1 aromatic heterocycles. The van der Waals surface area contributed by atoms with Gasteiger partial charge in [0.05, 0.1) is 16.8 Å². The number of pyridine rings is 1. The summed E-state index contributed by atoms with van der Waals surface area (Å²) < 4.78 is 6.81. The second-order valence-electron chi connectivity index (χ2n) is 15.7. The number of anilines is 3. The highest BCUT2D eigenvalue weighted by molar-refractivity contribution is 6.32. The number of ketones is 2. The number of benzene rings is 5. The molecule has 1 heterocycles. The van der Waals surface area contributed by atoms with Gasteiger partial charge in [-0.2, -0.15) is 0 Å². The third-order valence-electron chi connectivity index (χ3n) is 10.1. The number of ether oxygens (including phenoxy) is 1. The van der Waals surface area contributed by atoms with Crippen LogP contribution in [0.5, 0.6) is 11.5 Å². The molecular formula is C47H47N3O3. The fraction of sp³-hybridized carbons (Fsp3) is 0.255. The van der Waals surface area contributed by atoms with Gasteiger partial charge in [0.15, 0.2) is 17.3 Å². The maximum atomic E-state index is 14.8. The lowest BCUT2D eigenvalue weighted by Crippen LogP contribution is -2.27. The Morgan fingerprint density at radius 1 is 0.755 bits per heavy atom. The molecule has 1 aliphatic rings. The Morgan fingerprint density at radius 2 is 1.36 bits per heavy atom. The van der Waals surface area contributed by atoms with Crippen LogP contribution in [-0.4, -0.2) is 29.6 Å². The normalized spacial score (nSPS) is 12.4. The van der Waals surface area contributed by atoms with Crippen LogP contribution < -0.4 is 15.0 Å². The van der Waals surface area contributed by atoms with Crippen LogP contribution in [0.25, 0.3) is 22.0 Å². The molecule has 0 amide bonds. The number of para-hydroxylation sites is 1. The number of rotatable bonds is 11. The maximum absolute atomic E-state index is 14.8. The van der Waals surface area contributed by atoms with Gasteiger partial charge in [0.2, 0.25) is 0 Å². The van der Waals surface area contributed by atoms with Gasteiger partial charge >= 0.3 is 0 Å². The van der Waals surface area contributed by atoms with Gasteiger partial charge in [-0.25, -0.2) is 4.98 Å². The summed E-state index contributed by atoms with van der Waals surface area (Å²) in [6.45, 7) is 16.8. The van der Waals surface area contributed by atoms with E-state index in [1.54, 1.807) is 0 Å². The summed E-state index contributed by atoms with van der Waals surface area (Å²) in [4.78, 5) is 36.9. The van der Waals surface area contributed by atoms with E-state index in [0.717, 1.165) is 12.1 Å². The Kier molecular flexibility index (Phi) is 9.41. The Bertz CT molecular complexity index is 2320. The Balaban J connectivity index is 1.53. The van der Waals surface area contributed by atoms with E-state index in [0.29, 0.717) is 80.4 Å². The van der Waals surface area contributed by atoms with Crippen molar-refractivity contribution in [1.82, 2.24) is 4.98 Å². The number of carbonyl (C=O) groups is 2. The summed E-state index contributed by atoms with van der Waals surface area (Å²) in [5.74, 6) is 1.42. The molecule has 5 aromatic carbocycles. The number of aromatic nitrogens is 1. The molecule has 7 rings (SSSR count). The molecule has 0 saturated heterocycles. The van der Waals surface area contributed by atoms with Crippen LogP contribution in [0, 0.1) is 5.41 Å². The van der Waals surface area contributed by atoms with E-state index < -0.39 is 0 Å². The summed E-state index contributed by atoms with van der Waals surface area (Å²) in [6.07, 6.45) is 1.03. The zero-order valence-corrected chi connectivity index (χ0v) is 31.7. The molecule has 0 bridgehead atoms. The lowest BCUT2D eigenvalue weighted by molar-refractivity contribution is 0.102. The van der Waals surface area contributed by atoms with Crippen LogP contribution in [0.15, 0.2) is 115 Å². The first-order valence-corrected chi connectivity index (χ1v) is 18.5. The maximum Gasteiger partial charge on any atom is 0.197 e. The van der Waals surface area contributed by atoms with Gasteiger partial charge < -0.3 is 15.0 Å². The Morgan fingerprint density at radius 3 is 1.98 bits per heavy atom. The van der Waals surface area contributed by atoms with Gasteiger partial charge in [-0.05, 0) is 66.5 Å². The molecule has 0 aliphatic heterocycles. The lowest BCUT2D eigenvalue weighted by atomic mass is 9.72. The van der Waals surface area contributed by atoms with E-state index in [-0.39, 0.29) is 22.4 Å². The molecule has 1 aliphatic carbocycles. The summed E-state index contributed by atoms with van der Waals surface area (Å²) in [5.41, 5.74) is 6.74. The van der Waals surface area contributed by atoms with E-state index in [1.165, 1.54) is 5.56 Å². The number of carbonyl (C=O) groups excluding carboxylic acids is 2. The summed E-state index contributed by atoms with van der Waals surface area (Å²) >= 11 is 0. The second-order valence-corrected chi connectivity index (χ2v) is 15.7. The van der Waals surface area contributed by atoms with Crippen molar-refractivity contribution in [2.24, 2.45) is 5.41 Å². The number of fused-ring (bicyclic) bond motifs is 2. The number of hydrogen-bond donors (Lipinski definition) is 1. The minimum Gasteiger partial charge on any atom is -0.455 e. The van der Waals surface area contributed by atoms with Crippen molar-refractivity contribution in [3.63, 3.8) is 0 Å². The SMILES string of the molecule is CCN(CC)c1nc2c(Oc3ccc(C(C)(C)CC(C)(C)C)cc3)cc(Nc3ccccc3)c3c2c(c1C(=O)c1ccccc1)-c1ccccc1C3=O. The molecule has 0 unspecified atom stereocenters. The van der Waals surface area contributed by atoms with Crippen molar-refractivity contribution in [2.45, 2.75) is 60.3 Å². The molecule has 53 heavy (non-hydrogen) atoms. The molecule has 6 nitrogen and oxygen atoms in total. The van der Waals surface area contributed by atoms with Crippen molar-refractivity contribution in [2.75, 3.05) is 23.3 Å². The van der Waals surface area contributed by atoms with Crippen molar-refractivity contribution >= 4 is 39.7 Å². The lowest BCUT2D eigenvalue weighted by Gasteiger charge is -2.33. The number of nitrogens with zero attached hydrogens (tertiary/aromatic N) is 2. The van der Waals surface area contributed by atoms with Gasteiger partial charge in [-0.1, -0.05) is 120 Å². The average Bonchev–Trinajstić information content (AvgIpc) is 3.14. The fourth-order valence-corrected chi connectivity index (χ4v) is 8.02. The van der Waals surface area contributed by atoms with E-state index in [9.17, 15) is 9.59 Å². The molecule has 0 saturated carbocycles. The highest BCUT2D eigenvalue weighted by Gasteiger charge is 2.36.